The summed E-state index contributed by atoms with van der Waals surface area (Å²) >= 11 is 6.20. The summed E-state index contributed by atoms with van der Waals surface area (Å²) in [5, 5.41) is 4.21. The fraction of sp³-hybridized carbons (Fsp3) is 0.241. The molecular weight excluding hydrogens is 484 g/mol. The van der Waals surface area contributed by atoms with E-state index in [2.05, 4.69) is 33.3 Å². The Bertz CT molecular complexity index is 1330. The first-order valence-corrected chi connectivity index (χ1v) is 12.8. The zero-order valence-electron chi connectivity index (χ0n) is 21.1. The van der Waals surface area contributed by atoms with Crippen LogP contribution in [0, 0.1) is 0 Å². The van der Waals surface area contributed by atoms with Crippen LogP contribution in [0.15, 0.2) is 84.9 Å². The summed E-state index contributed by atoms with van der Waals surface area (Å²) in [6.45, 7) is 3.92. The Hall–Kier alpha value is -3.97. The molecule has 4 aromatic rings. The molecule has 1 fully saturated rings. The molecule has 0 bridgehead atoms. The number of halogens is 1. The second-order valence-electron chi connectivity index (χ2n) is 9.19. The van der Waals surface area contributed by atoms with E-state index in [1.165, 1.54) is 0 Å². The van der Waals surface area contributed by atoms with E-state index in [1.807, 2.05) is 85.7 Å². The van der Waals surface area contributed by atoms with E-state index >= 15 is 0 Å². The molecule has 0 aliphatic carbocycles. The molecule has 37 heavy (non-hydrogen) atoms. The van der Waals surface area contributed by atoms with Crippen LogP contribution in [-0.2, 0) is 6.61 Å². The van der Waals surface area contributed by atoms with E-state index in [1.54, 1.807) is 0 Å². The van der Waals surface area contributed by atoms with Gasteiger partial charge in [-0.1, -0.05) is 54.1 Å². The highest BCUT2D eigenvalue weighted by Gasteiger charge is 2.21. The molecule has 0 unspecified atom stereocenters. The van der Waals surface area contributed by atoms with Crippen LogP contribution in [0.2, 0.25) is 5.02 Å². The van der Waals surface area contributed by atoms with Crippen molar-refractivity contribution in [2.24, 2.45) is 0 Å². The lowest BCUT2D eigenvalue weighted by Gasteiger charge is -2.36. The number of nitrogens with one attached hydrogen (secondary N) is 1. The SMILES string of the molecule is CN(C)c1cc(Nc2cccc(OCc3ccccc3)c2)nc(N2CCN(c3cccc(Cl)c3)CC2)n1. The van der Waals surface area contributed by atoms with Crippen molar-refractivity contribution in [2.45, 2.75) is 6.61 Å². The Balaban J connectivity index is 1.29. The van der Waals surface area contributed by atoms with Crippen molar-refractivity contribution < 1.29 is 4.74 Å². The van der Waals surface area contributed by atoms with Crippen molar-refractivity contribution in [1.82, 2.24) is 9.97 Å². The van der Waals surface area contributed by atoms with Gasteiger partial charge in [0.05, 0.1) is 0 Å². The van der Waals surface area contributed by atoms with E-state index < -0.39 is 0 Å². The van der Waals surface area contributed by atoms with E-state index in [0.29, 0.717) is 6.61 Å². The van der Waals surface area contributed by atoms with Crippen LogP contribution in [0.4, 0.5) is 29.0 Å². The molecule has 0 spiro atoms. The molecule has 8 heteroatoms. The standard InChI is InChI=1S/C29H31ClN6O/c1-34(2)28-20-27(31-24-11-7-13-26(19-24)37-21-22-8-4-3-5-9-22)32-29(33-28)36-16-14-35(15-17-36)25-12-6-10-23(30)18-25/h3-13,18-20H,14-17,21H2,1-2H3,(H,31,32,33). The summed E-state index contributed by atoms with van der Waals surface area (Å²) in [6, 6.07) is 28.1. The minimum Gasteiger partial charge on any atom is -0.489 e. The summed E-state index contributed by atoms with van der Waals surface area (Å²) in [5.41, 5.74) is 3.19. The van der Waals surface area contributed by atoms with Crippen LogP contribution >= 0.6 is 11.6 Å². The van der Waals surface area contributed by atoms with Crippen molar-refractivity contribution in [3.63, 3.8) is 0 Å². The third-order valence-corrected chi connectivity index (χ3v) is 6.48. The van der Waals surface area contributed by atoms with Crippen LogP contribution in [-0.4, -0.2) is 50.2 Å². The molecule has 0 atom stereocenters. The fourth-order valence-electron chi connectivity index (χ4n) is 4.25. The maximum atomic E-state index is 6.20. The average Bonchev–Trinajstić information content (AvgIpc) is 2.92. The normalized spacial score (nSPS) is 13.4. The predicted octanol–water partition coefficient (Wildman–Crippen LogP) is 5.85. The lowest BCUT2D eigenvalue weighted by molar-refractivity contribution is 0.306. The molecule has 1 aliphatic rings. The molecule has 0 amide bonds. The van der Waals surface area contributed by atoms with Gasteiger partial charge in [0.15, 0.2) is 0 Å². The van der Waals surface area contributed by atoms with Gasteiger partial charge in [-0.3, -0.25) is 0 Å². The van der Waals surface area contributed by atoms with Gasteiger partial charge in [-0.05, 0) is 35.9 Å². The number of anilines is 5. The maximum Gasteiger partial charge on any atom is 0.229 e. The van der Waals surface area contributed by atoms with Gasteiger partial charge in [0.1, 0.15) is 24.0 Å². The summed E-state index contributed by atoms with van der Waals surface area (Å²) in [5.74, 6) is 3.11. The van der Waals surface area contributed by atoms with Gasteiger partial charge in [0, 0.05) is 68.8 Å². The quantitative estimate of drug-likeness (QED) is 0.317. The van der Waals surface area contributed by atoms with Gasteiger partial charge >= 0.3 is 0 Å². The maximum absolute atomic E-state index is 6.20. The molecule has 3 aromatic carbocycles. The molecule has 0 saturated carbocycles. The lowest BCUT2D eigenvalue weighted by atomic mass is 10.2. The molecule has 1 saturated heterocycles. The topological polar surface area (TPSA) is 56.8 Å². The molecule has 0 radical (unpaired) electrons. The van der Waals surface area contributed by atoms with E-state index in [-0.39, 0.29) is 0 Å². The van der Waals surface area contributed by atoms with Crippen molar-refractivity contribution in [3.05, 3.63) is 95.5 Å². The zero-order valence-corrected chi connectivity index (χ0v) is 21.9. The van der Waals surface area contributed by atoms with E-state index in [0.717, 1.165) is 71.5 Å². The summed E-state index contributed by atoms with van der Waals surface area (Å²) in [7, 11) is 3.98. The second kappa shape index (κ2) is 11.4. The number of hydrogen-bond donors (Lipinski definition) is 1. The van der Waals surface area contributed by atoms with Crippen LogP contribution in [0.5, 0.6) is 5.75 Å². The smallest absolute Gasteiger partial charge is 0.229 e. The number of nitrogens with zero attached hydrogens (tertiary/aromatic N) is 5. The minimum atomic E-state index is 0.522. The average molecular weight is 515 g/mol. The van der Waals surface area contributed by atoms with Crippen LogP contribution < -0.4 is 24.8 Å². The molecular formula is C29H31ClN6O. The molecule has 1 aliphatic heterocycles. The zero-order chi connectivity index (χ0) is 25.6. The molecule has 2 heterocycles. The summed E-state index contributed by atoms with van der Waals surface area (Å²) in [6.07, 6.45) is 0. The molecule has 1 N–H and O–H groups in total. The largest absolute Gasteiger partial charge is 0.489 e. The number of benzene rings is 3. The highest BCUT2D eigenvalue weighted by molar-refractivity contribution is 6.30. The Morgan fingerprint density at radius 3 is 2.35 bits per heavy atom. The lowest BCUT2D eigenvalue weighted by Crippen LogP contribution is -2.47. The Morgan fingerprint density at radius 2 is 1.59 bits per heavy atom. The first kappa shape index (κ1) is 24.7. The number of hydrogen-bond acceptors (Lipinski definition) is 7. The van der Waals surface area contributed by atoms with Crippen molar-refractivity contribution in [1.29, 1.82) is 0 Å². The Kier molecular flexibility index (Phi) is 7.61. The first-order chi connectivity index (χ1) is 18.0. The third kappa shape index (κ3) is 6.43. The highest BCUT2D eigenvalue weighted by Crippen LogP contribution is 2.27. The van der Waals surface area contributed by atoms with E-state index in [4.69, 9.17) is 26.3 Å². The highest BCUT2D eigenvalue weighted by atomic mass is 35.5. The number of rotatable bonds is 8. The van der Waals surface area contributed by atoms with Crippen molar-refractivity contribution in [3.8, 4) is 5.75 Å². The van der Waals surface area contributed by atoms with Gasteiger partial charge in [-0.2, -0.15) is 9.97 Å². The van der Waals surface area contributed by atoms with E-state index in [9.17, 15) is 0 Å². The third-order valence-electron chi connectivity index (χ3n) is 6.25. The summed E-state index contributed by atoms with van der Waals surface area (Å²) < 4.78 is 6.00. The molecule has 190 valence electrons. The Labute approximate surface area is 223 Å². The second-order valence-corrected chi connectivity index (χ2v) is 9.62. The number of aromatic nitrogens is 2. The predicted molar refractivity (Wildman–Crippen MR) is 153 cm³/mol. The monoisotopic (exact) mass is 514 g/mol. The van der Waals surface area contributed by atoms with Gasteiger partial charge in [-0.15, -0.1) is 0 Å². The number of piperazine rings is 1. The van der Waals surface area contributed by atoms with Gasteiger partial charge in [-0.25, -0.2) is 0 Å². The van der Waals surface area contributed by atoms with Gasteiger partial charge < -0.3 is 24.8 Å². The van der Waals surface area contributed by atoms with Gasteiger partial charge in [0.25, 0.3) is 0 Å². The fourth-order valence-corrected chi connectivity index (χ4v) is 4.43. The van der Waals surface area contributed by atoms with Crippen molar-refractivity contribution >= 4 is 40.6 Å². The molecule has 1 aromatic heterocycles. The number of ether oxygens (including phenoxy) is 1. The van der Waals surface area contributed by atoms with Crippen molar-refractivity contribution in [2.75, 3.05) is 60.3 Å². The van der Waals surface area contributed by atoms with Crippen LogP contribution in [0.25, 0.3) is 0 Å². The van der Waals surface area contributed by atoms with Crippen LogP contribution in [0.1, 0.15) is 5.56 Å². The van der Waals surface area contributed by atoms with Gasteiger partial charge in [0.2, 0.25) is 5.95 Å². The Morgan fingerprint density at radius 1 is 0.838 bits per heavy atom. The first-order valence-electron chi connectivity index (χ1n) is 12.4. The molecule has 5 rings (SSSR count). The summed E-state index contributed by atoms with van der Waals surface area (Å²) in [4.78, 5) is 16.3. The minimum absolute atomic E-state index is 0.522. The molecule has 7 nitrogen and oxygen atoms in total. The van der Waals surface area contributed by atoms with Crippen LogP contribution in [0.3, 0.4) is 0 Å².